The maximum absolute atomic E-state index is 13.4. The van der Waals surface area contributed by atoms with Gasteiger partial charge in [0.1, 0.15) is 5.60 Å². The molecule has 1 aromatic heterocycles. The van der Waals surface area contributed by atoms with Crippen LogP contribution in [0.15, 0.2) is 85.2 Å². The van der Waals surface area contributed by atoms with Gasteiger partial charge in [0.15, 0.2) is 5.60 Å². The minimum Gasteiger partial charge on any atom is -0.458 e. The van der Waals surface area contributed by atoms with Gasteiger partial charge in [-0.25, -0.2) is 4.79 Å². The molecule has 4 heteroatoms. The number of nitrogens with zero attached hydrogens (tertiary/aromatic N) is 1. The van der Waals surface area contributed by atoms with E-state index in [1.54, 1.807) is 45.3 Å². The number of rotatable bonds is 6. The van der Waals surface area contributed by atoms with Gasteiger partial charge in [-0.05, 0) is 49.9 Å². The van der Waals surface area contributed by atoms with E-state index in [1.165, 1.54) is 0 Å². The van der Waals surface area contributed by atoms with Crippen molar-refractivity contribution < 1.29 is 14.6 Å². The lowest BCUT2D eigenvalue weighted by Crippen LogP contribution is -2.46. The fourth-order valence-electron chi connectivity index (χ4n) is 3.45. The van der Waals surface area contributed by atoms with Crippen molar-refractivity contribution in [2.45, 2.75) is 44.3 Å². The molecule has 3 aromatic rings. The highest BCUT2D eigenvalue weighted by Gasteiger charge is 2.49. The van der Waals surface area contributed by atoms with E-state index in [2.05, 4.69) is 4.98 Å². The first-order chi connectivity index (χ1) is 13.8. The topological polar surface area (TPSA) is 59.4 Å². The van der Waals surface area contributed by atoms with Crippen molar-refractivity contribution in [1.82, 2.24) is 4.98 Å². The van der Waals surface area contributed by atoms with Gasteiger partial charge in [0.2, 0.25) is 0 Å². The van der Waals surface area contributed by atoms with Crippen LogP contribution >= 0.6 is 0 Å². The summed E-state index contributed by atoms with van der Waals surface area (Å²) in [5.74, 6) is -1.24. The van der Waals surface area contributed by atoms with Crippen molar-refractivity contribution in [1.29, 1.82) is 0 Å². The molecule has 0 bridgehead atoms. The second-order valence-corrected chi connectivity index (χ2v) is 8.16. The summed E-state index contributed by atoms with van der Waals surface area (Å²) < 4.78 is 5.69. The monoisotopic (exact) mass is 389 g/mol. The lowest BCUT2D eigenvalue weighted by Gasteiger charge is -2.37. The van der Waals surface area contributed by atoms with E-state index in [0.717, 1.165) is 11.1 Å². The number of carbonyl (C=O) groups excluding carboxylic acids is 1. The molecule has 29 heavy (non-hydrogen) atoms. The molecule has 0 aliphatic carbocycles. The molecule has 2 atom stereocenters. The van der Waals surface area contributed by atoms with Gasteiger partial charge in [0, 0.05) is 18.3 Å². The highest BCUT2D eigenvalue weighted by atomic mass is 16.6. The van der Waals surface area contributed by atoms with E-state index >= 15 is 0 Å². The number of pyridine rings is 1. The molecule has 1 heterocycles. The molecular weight excluding hydrogens is 362 g/mol. The van der Waals surface area contributed by atoms with Crippen LogP contribution in [0.1, 0.15) is 43.4 Å². The number of carbonyl (C=O) groups is 1. The first-order valence-corrected chi connectivity index (χ1v) is 9.76. The highest BCUT2D eigenvalue weighted by Crippen LogP contribution is 2.41. The van der Waals surface area contributed by atoms with Crippen LogP contribution in [0.2, 0.25) is 0 Å². The molecule has 1 N–H and O–H groups in total. The van der Waals surface area contributed by atoms with Gasteiger partial charge in [0.25, 0.3) is 0 Å². The summed E-state index contributed by atoms with van der Waals surface area (Å²) in [6.45, 7) is 5.39. The third kappa shape index (κ3) is 4.90. The van der Waals surface area contributed by atoms with Crippen LogP contribution in [-0.2, 0) is 21.6 Å². The second-order valence-electron chi connectivity index (χ2n) is 8.16. The van der Waals surface area contributed by atoms with Gasteiger partial charge >= 0.3 is 5.97 Å². The molecule has 0 saturated carbocycles. The van der Waals surface area contributed by atoms with Gasteiger partial charge in [-0.15, -0.1) is 0 Å². The fourth-order valence-corrected chi connectivity index (χ4v) is 3.45. The van der Waals surface area contributed by atoms with Gasteiger partial charge in [-0.1, -0.05) is 66.7 Å². The number of aliphatic hydroxyl groups is 1. The van der Waals surface area contributed by atoms with Crippen LogP contribution in [0.4, 0.5) is 0 Å². The van der Waals surface area contributed by atoms with Crippen molar-refractivity contribution >= 4 is 5.97 Å². The Morgan fingerprint density at radius 1 is 0.966 bits per heavy atom. The first kappa shape index (κ1) is 20.7. The van der Waals surface area contributed by atoms with Crippen LogP contribution in [0, 0.1) is 0 Å². The van der Waals surface area contributed by atoms with Crippen molar-refractivity contribution in [3.63, 3.8) is 0 Å². The molecule has 0 saturated heterocycles. The summed E-state index contributed by atoms with van der Waals surface area (Å²) in [7, 11) is 0. The average molecular weight is 389 g/mol. The zero-order valence-corrected chi connectivity index (χ0v) is 17.1. The Morgan fingerprint density at radius 3 is 2.14 bits per heavy atom. The molecule has 3 rings (SSSR count). The van der Waals surface area contributed by atoms with Crippen molar-refractivity contribution in [3.05, 3.63) is 102 Å². The Morgan fingerprint density at radius 2 is 1.59 bits per heavy atom. The lowest BCUT2D eigenvalue weighted by molar-refractivity contribution is -0.181. The van der Waals surface area contributed by atoms with Gasteiger partial charge in [-0.3, -0.25) is 4.98 Å². The Labute approximate surface area is 172 Å². The van der Waals surface area contributed by atoms with E-state index in [4.69, 9.17) is 4.74 Å². The smallest absolute Gasteiger partial charge is 0.344 e. The molecule has 0 amide bonds. The highest BCUT2D eigenvalue weighted by molar-refractivity contribution is 5.83. The first-order valence-electron chi connectivity index (χ1n) is 9.76. The molecule has 0 spiro atoms. The molecule has 0 radical (unpaired) electrons. The average Bonchev–Trinajstić information content (AvgIpc) is 2.72. The van der Waals surface area contributed by atoms with Gasteiger partial charge in [-0.2, -0.15) is 0 Å². The lowest BCUT2D eigenvalue weighted by atomic mass is 9.74. The number of hydrogen-bond donors (Lipinski definition) is 1. The van der Waals surface area contributed by atoms with E-state index in [1.807, 2.05) is 60.7 Å². The van der Waals surface area contributed by atoms with Crippen LogP contribution in [0.5, 0.6) is 0 Å². The molecule has 0 aliphatic heterocycles. The molecule has 0 unspecified atom stereocenters. The summed E-state index contributed by atoms with van der Waals surface area (Å²) in [6.07, 6.45) is 3.83. The Kier molecular flexibility index (Phi) is 6.14. The standard InChI is InChI=1S/C25H27NO3/c1-24(2,3)29-23(27)25(28,21-14-8-5-9-15-21)22(20-13-10-16-26-18-20)17-19-11-6-4-7-12-19/h4-16,18,22,28H,17H2,1-3H3/t22-,25-/m0/s1. The van der Waals surface area contributed by atoms with E-state index in [-0.39, 0.29) is 0 Å². The molecule has 150 valence electrons. The third-order valence-electron chi connectivity index (χ3n) is 4.80. The van der Waals surface area contributed by atoms with E-state index in [9.17, 15) is 9.90 Å². The maximum Gasteiger partial charge on any atom is 0.344 e. The molecule has 0 aliphatic rings. The van der Waals surface area contributed by atoms with E-state index in [0.29, 0.717) is 12.0 Å². The molecule has 2 aromatic carbocycles. The maximum atomic E-state index is 13.4. The van der Waals surface area contributed by atoms with E-state index < -0.39 is 23.1 Å². The summed E-state index contributed by atoms with van der Waals surface area (Å²) in [5.41, 5.74) is -0.314. The molecule has 0 fully saturated rings. The number of aromatic nitrogens is 1. The largest absolute Gasteiger partial charge is 0.458 e. The van der Waals surface area contributed by atoms with Crippen molar-refractivity contribution in [2.24, 2.45) is 0 Å². The van der Waals surface area contributed by atoms with Gasteiger partial charge in [0.05, 0.1) is 0 Å². The number of esters is 1. The third-order valence-corrected chi connectivity index (χ3v) is 4.80. The predicted octanol–water partition coefficient (Wildman–Crippen LogP) is 4.64. The zero-order valence-electron chi connectivity index (χ0n) is 17.1. The summed E-state index contributed by atoms with van der Waals surface area (Å²) >= 11 is 0. The second kappa shape index (κ2) is 8.58. The van der Waals surface area contributed by atoms with Crippen molar-refractivity contribution in [2.75, 3.05) is 0 Å². The predicted molar refractivity (Wildman–Crippen MR) is 113 cm³/mol. The normalized spacial score (nSPS) is 14.6. The Balaban J connectivity index is 2.15. The molecular formula is C25H27NO3. The summed E-state index contributed by atoms with van der Waals surface area (Å²) in [6, 6.07) is 22.5. The number of benzene rings is 2. The Hall–Kier alpha value is -2.98. The zero-order chi connectivity index (χ0) is 20.9. The number of hydrogen-bond acceptors (Lipinski definition) is 4. The van der Waals surface area contributed by atoms with Crippen LogP contribution < -0.4 is 0 Å². The fraction of sp³-hybridized carbons (Fsp3) is 0.280. The molecule has 4 nitrogen and oxygen atoms in total. The SMILES string of the molecule is CC(C)(C)OC(=O)[C@](O)(c1ccccc1)[C@@H](Cc1ccccc1)c1cccnc1. The van der Waals surface area contributed by atoms with Gasteiger partial charge < -0.3 is 9.84 Å². The van der Waals surface area contributed by atoms with Crippen LogP contribution in [0.25, 0.3) is 0 Å². The van der Waals surface area contributed by atoms with Crippen LogP contribution in [0.3, 0.4) is 0 Å². The Bertz CT molecular complexity index is 921. The van der Waals surface area contributed by atoms with Crippen LogP contribution in [-0.4, -0.2) is 21.7 Å². The number of ether oxygens (including phenoxy) is 1. The minimum absolute atomic E-state index is 0.456. The summed E-state index contributed by atoms with van der Waals surface area (Å²) in [5, 5.41) is 12.0. The summed E-state index contributed by atoms with van der Waals surface area (Å²) in [4.78, 5) is 17.6. The van der Waals surface area contributed by atoms with Crippen molar-refractivity contribution in [3.8, 4) is 0 Å². The minimum atomic E-state index is -1.87. The quantitative estimate of drug-likeness (QED) is 0.624.